The van der Waals surface area contributed by atoms with Gasteiger partial charge in [-0.25, -0.2) is 9.97 Å². The van der Waals surface area contributed by atoms with E-state index in [1.165, 1.54) is 19.3 Å². The molecular formula is C17H30N4. The van der Waals surface area contributed by atoms with Gasteiger partial charge in [-0.15, -0.1) is 0 Å². The summed E-state index contributed by atoms with van der Waals surface area (Å²) >= 11 is 0. The fraction of sp³-hybridized carbons (Fsp3) is 0.765. The molecule has 4 heteroatoms. The molecule has 0 aliphatic carbocycles. The van der Waals surface area contributed by atoms with Crippen molar-refractivity contribution in [2.45, 2.75) is 59.8 Å². The molecule has 0 radical (unpaired) electrons. The number of anilines is 2. The van der Waals surface area contributed by atoms with Crippen molar-refractivity contribution in [2.24, 2.45) is 5.41 Å². The largest absolute Gasteiger partial charge is 0.370 e. The van der Waals surface area contributed by atoms with Crippen LogP contribution in [0.5, 0.6) is 0 Å². The van der Waals surface area contributed by atoms with Gasteiger partial charge in [0.1, 0.15) is 17.5 Å². The monoisotopic (exact) mass is 290 g/mol. The summed E-state index contributed by atoms with van der Waals surface area (Å²) in [7, 11) is 0. The third kappa shape index (κ3) is 3.66. The molecule has 118 valence electrons. The van der Waals surface area contributed by atoms with Crippen LogP contribution in [0.25, 0.3) is 0 Å². The number of rotatable bonds is 7. The summed E-state index contributed by atoms with van der Waals surface area (Å²) in [5, 5.41) is 3.40. The van der Waals surface area contributed by atoms with Crippen LogP contribution in [-0.2, 0) is 6.42 Å². The Morgan fingerprint density at radius 3 is 2.52 bits per heavy atom. The van der Waals surface area contributed by atoms with E-state index < -0.39 is 0 Å². The number of aryl methyl sites for hydroxylation is 1. The van der Waals surface area contributed by atoms with Crippen LogP contribution in [0.4, 0.5) is 11.6 Å². The van der Waals surface area contributed by atoms with E-state index in [-0.39, 0.29) is 0 Å². The molecule has 0 atom stereocenters. The minimum atomic E-state index is 0.480. The average Bonchev–Trinajstić information content (AvgIpc) is 2.98. The first kappa shape index (κ1) is 16.1. The smallest absolute Gasteiger partial charge is 0.134 e. The van der Waals surface area contributed by atoms with E-state index in [9.17, 15) is 0 Å². The summed E-state index contributed by atoms with van der Waals surface area (Å²) in [5.74, 6) is 3.02. The summed E-state index contributed by atoms with van der Waals surface area (Å²) < 4.78 is 0. The summed E-state index contributed by atoms with van der Waals surface area (Å²) in [6, 6.07) is 2.12. The predicted molar refractivity (Wildman–Crippen MR) is 90.0 cm³/mol. The molecule has 1 fully saturated rings. The Hall–Kier alpha value is -1.32. The minimum absolute atomic E-state index is 0.480. The maximum absolute atomic E-state index is 4.75. The Morgan fingerprint density at radius 2 is 1.95 bits per heavy atom. The van der Waals surface area contributed by atoms with Crippen LogP contribution in [0.1, 0.15) is 59.2 Å². The predicted octanol–water partition coefficient (Wildman–Crippen LogP) is 3.88. The summed E-state index contributed by atoms with van der Waals surface area (Å²) in [5.41, 5.74) is 0.480. The first-order valence-corrected chi connectivity index (χ1v) is 8.53. The van der Waals surface area contributed by atoms with Gasteiger partial charge in [-0.3, -0.25) is 0 Å². The molecule has 1 aliphatic rings. The van der Waals surface area contributed by atoms with Crippen LogP contribution < -0.4 is 10.2 Å². The number of hydrogen-bond donors (Lipinski definition) is 1. The van der Waals surface area contributed by atoms with Gasteiger partial charge in [0, 0.05) is 32.1 Å². The molecule has 4 nitrogen and oxygen atoms in total. The van der Waals surface area contributed by atoms with Gasteiger partial charge in [0.2, 0.25) is 0 Å². The van der Waals surface area contributed by atoms with Crippen LogP contribution >= 0.6 is 0 Å². The second-order valence-corrected chi connectivity index (χ2v) is 6.19. The Balaban J connectivity index is 2.19. The van der Waals surface area contributed by atoms with Crippen molar-refractivity contribution in [1.29, 1.82) is 0 Å². The molecule has 2 heterocycles. The van der Waals surface area contributed by atoms with Crippen LogP contribution in [0.3, 0.4) is 0 Å². The lowest BCUT2D eigenvalue weighted by Crippen LogP contribution is -2.27. The molecule has 1 aromatic heterocycles. The van der Waals surface area contributed by atoms with Crippen molar-refractivity contribution >= 4 is 11.6 Å². The van der Waals surface area contributed by atoms with Gasteiger partial charge in [0.25, 0.3) is 0 Å². The Labute approximate surface area is 129 Å². The lowest BCUT2D eigenvalue weighted by Gasteiger charge is -2.27. The quantitative estimate of drug-likeness (QED) is 0.827. The highest BCUT2D eigenvalue weighted by Crippen LogP contribution is 2.38. The molecule has 0 amide bonds. The van der Waals surface area contributed by atoms with Gasteiger partial charge in [-0.05, 0) is 31.1 Å². The molecule has 0 aromatic carbocycles. The maximum atomic E-state index is 4.75. The van der Waals surface area contributed by atoms with Crippen molar-refractivity contribution in [3.05, 3.63) is 11.9 Å². The van der Waals surface area contributed by atoms with E-state index in [0.29, 0.717) is 5.41 Å². The van der Waals surface area contributed by atoms with Crippen molar-refractivity contribution in [3.8, 4) is 0 Å². The fourth-order valence-electron chi connectivity index (χ4n) is 3.10. The summed E-state index contributed by atoms with van der Waals surface area (Å²) in [6.45, 7) is 12.1. The molecule has 0 bridgehead atoms. The van der Waals surface area contributed by atoms with Crippen molar-refractivity contribution in [3.63, 3.8) is 0 Å². The molecule has 1 saturated heterocycles. The number of aromatic nitrogens is 2. The normalized spacial score (nSPS) is 17.2. The summed E-state index contributed by atoms with van der Waals surface area (Å²) in [6.07, 6.45) is 5.79. The first-order valence-electron chi connectivity index (χ1n) is 8.53. The first-order chi connectivity index (χ1) is 10.2. The lowest BCUT2D eigenvalue weighted by molar-refractivity contribution is 0.301. The second kappa shape index (κ2) is 7.10. The SMILES string of the molecule is CCCNc1cc(N2CCC(CC)(CC)C2)nc(CC)n1. The van der Waals surface area contributed by atoms with E-state index in [1.807, 2.05) is 0 Å². The van der Waals surface area contributed by atoms with E-state index in [0.717, 1.165) is 49.9 Å². The van der Waals surface area contributed by atoms with Crippen molar-refractivity contribution < 1.29 is 0 Å². The molecule has 1 N–H and O–H groups in total. The van der Waals surface area contributed by atoms with Crippen LogP contribution in [-0.4, -0.2) is 29.6 Å². The van der Waals surface area contributed by atoms with Crippen LogP contribution in [0, 0.1) is 5.41 Å². The topological polar surface area (TPSA) is 41.0 Å². The molecular weight excluding hydrogens is 260 g/mol. The summed E-state index contributed by atoms with van der Waals surface area (Å²) in [4.78, 5) is 11.8. The molecule has 21 heavy (non-hydrogen) atoms. The Kier molecular flexibility index (Phi) is 5.43. The number of nitrogens with zero attached hydrogens (tertiary/aromatic N) is 3. The highest BCUT2D eigenvalue weighted by molar-refractivity contribution is 5.50. The van der Waals surface area contributed by atoms with Gasteiger partial charge in [0.05, 0.1) is 0 Å². The average molecular weight is 290 g/mol. The third-order valence-electron chi connectivity index (χ3n) is 4.89. The lowest BCUT2D eigenvalue weighted by atomic mass is 9.82. The zero-order valence-electron chi connectivity index (χ0n) is 14.1. The van der Waals surface area contributed by atoms with Crippen LogP contribution in [0.15, 0.2) is 6.07 Å². The van der Waals surface area contributed by atoms with Gasteiger partial charge in [0.15, 0.2) is 0 Å². The highest BCUT2D eigenvalue weighted by Gasteiger charge is 2.35. The zero-order chi connectivity index (χ0) is 15.3. The van der Waals surface area contributed by atoms with E-state index in [2.05, 4.69) is 49.0 Å². The van der Waals surface area contributed by atoms with E-state index in [4.69, 9.17) is 4.98 Å². The standard InChI is InChI=1S/C17H30N4/c1-5-10-18-15-12-16(20-14(6-2)19-15)21-11-9-17(7-3,8-4)13-21/h12H,5-11,13H2,1-4H3,(H,18,19,20). The minimum Gasteiger partial charge on any atom is -0.370 e. The van der Waals surface area contributed by atoms with Gasteiger partial charge >= 0.3 is 0 Å². The van der Waals surface area contributed by atoms with Gasteiger partial charge < -0.3 is 10.2 Å². The Bertz CT molecular complexity index is 454. The van der Waals surface area contributed by atoms with E-state index in [1.54, 1.807) is 0 Å². The number of nitrogens with one attached hydrogen (secondary N) is 1. The van der Waals surface area contributed by atoms with E-state index >= 15 is 0 Å². The van der Waals surface area contributed by atoms with Gasteiger partial charge in [-0.1, -0.05) is 27.7 Å². The molecule has 2 rings (SSSR count). The van der Waals surface area contributed by atoms with Crippen molar-refractivity contribution in [2.75, 3.05) is 29.9 Å². The maximum Gasteiger partial charge on any atom is 0.134 e. The van der Waals surface area contributed by atoms with Crippen LogP contribution in [0.2, 0.25) is 0 Å². The third-order valence-corrected chi connectivity index (χ3v) is 4.89. The van der Waals surface area contributed by atoms with Crippen molar-refractivity contribution in [1.82, 2.24) is 9.97 Å². The highest BCUT2D eigenvalue weighted by atomic mass is 15.2. The molecule has 1 aromatic rings. The zero-order valence-corrected chi connectivity index (χ0v) is 14.1. The fourth-order valence-corrected chi connectivity index (χ4v) is 3.10. The Morgan fingerprint density at radius 1 is 1.19 bits per heavy atom. The number of hydrogen-bond acceptors (Lipinski definition) is 4. The molecule has 0 unspecified atom stereocenters. The second-order valence-electron chi connectivity index (χ2n) is 6.19. The van der Waals surface area contributed by atoms with Gasteiger partial charge in [-0.2, -0.15) is 0 Å². The molecule has 0 spiro atoms. The molecule has 1 aliphatic heterocycles. The molecule has 0 saturated carbocycles.